The molecule has 0 bridgehead atoms. The third kappa shape index (κ3) is 3.06. The number of rotatable bonds is 4. The molecule has 3 nitrogen and oxygen atoms in total. The van der Waals surface area contributed by atoms with Crippen molar-refractivity contribution in [3.05, 3.63) is 70.7 Å². The molecule has 0 radical (unpaired) electrons. The van der Waals surface area contributed by atoms with Crippen molar-refractivity contribution in [3.8, 4) is 11.3 Å². The second kappa shape index (κ2) is 6.51. The van der Waals surface area contributed by atoms with E-state index in [1.807, 2.05) is 47.2 Å². The van der Waals surface area contributed by atoms with Crippen LogP contribution in [0.1, 0.15) is 5.56 Å². The zero-order valence-electron chi connectivity index (χ0n) is 12.4. The van der Waals surface area contributed by atoms with Gasteiger partial charge in [0, 0.05) is 21.2 Å². The molecule has 0 aliphatic heterocycles. The number of hydrazone groups is 1. The predicted molar refractivity (Wildman–Crippen MR) is 101 cm³/mol. The maximum absolute atomic E-state index is 13.6. The SMILES string of the molecule is Fc1cc(C=NNc2nc(-c3ccccc3)cs2)c2sccc2c1. The Balaban J connectivity index is 1.53. The molecule has 0 spiro atoms. The average Bonchev–Trinajstić information content (AvgIpc) is 3.25. The van der Waals surface area contributed by atoms with E-state index < -0.39 is 0 Å². The molecule has 2 aromatic heterocycles. The summed E-state index contributed by atoms with van der Waals surface area (Å²) in [4.78, 5) is 4.50. The van der Waals surface area contributed by atoms with E-state index in [9.17, 15) is 4.39 Å². The van der Waals surface area contributed by atoms with Crippen LogP contribution < -0.4 is 5.43 Å². The van der Waals surface area contributed by atoms with Crippen LogP contribution in [0.25, 0.3) is 21.3 Å². The van der Waals surface area contributed by atoms with Gasteiger partial charge in [-0.05, 0) is 29.0 Å². The molecule has 6 heteroatoms. The summed E-state index contributed by atoms with van der Waals surface area (Å²) in [5.74, 6) is -0.261. The largest absolute Gasteiger partial charge is 0.253 e. The van der Waals surface area contributed by atoms with Gasteiger partial charge in [0.2, 0.25) is 5.13 Å². The first-order valence-electron chi connectivity index (χ1n) is 7.26. The molecular weight excluding hydrogens is 341 g/mol. The van der Waals surface area contributed by atoms with Gasteiger partial charge in [-0.1, -0.05) is 30.3 Å². The van der Waals surface area contributed by atoms with Crippen molar-refractivity contribution in [2.24, 2.45) is 5.10 Å². The number of benzene rings is 2. The number of thiophene rings is 1. The molecule has 2 heterocycles. The fourth-order valence-electron chi connectivity index (χ4n) is 2.39. The Morgan fingerprint density at radius 2 is 1.96 bits per heavy atom. The van der Waals surface area contributed by atoms with Crippen LogP contribution in [0.3, 0.4) is 0 Å². The van der Waals surface area contributed by atoms with Crippen molar-refractivity contribution in [2.75, 3.05) is 5.43 Å². The van der Waals surface area contributed by atoms with Gasteiger partial charge in [0.05, 0.1) is 11.9 Å². The maximum atomic E-state index is 13.6. The number of hydrogen-bond acceptors (Lipinski definition) is 5. The van der Waals surface area contributed by atoms with Crippen molar-refractivity contribution in [1.82, 2.24) is 4.98 Å². The van der Waals surface area contributed by atoms with Crippen LogP contribution in [0.5, 0.6) is 0 Å². The number of hydrogen-bond donors (Lipinski definition) is 1. The molecule has 2 aromatic carbocycles. The quantitative estimate of drug-likeness (QED) is 0.382. The minimum atomic E-state index is -0.261. The first-order valence-corrected chi connectivity index (χ1v) is 9.02. The number of nitrogens with one attached hydrogen (secondary N) is 1. The number of anilines is 1. The first kappa shape index (κ1) is 15.0. The van der Waals surface area contributed by atoms with Crippen LogP contribution in [0, 0.1) is 5.82 Å². The van der Waals surface area contributed by atoms with E-state index in [4.69, 9.17) is 0 Å². The van der Waals surface area contributed by atoms with Gasteiger partial charge in [-0.25, -0.2) is 9.37 Å². The molecule has 4 aromatic rings. The minimum Gasteiger partial charge on any atom is -0.253 e. The van der Waals surface area contributed by atoms with Crippen LogP contribution in [-0.4, -0.2) is 11.2 Å². The van der Waals surface area contributed by atoms with Gasteiger partial charge in [-0.2, -0.15) is 5.10 Å². The third-order valence-corrected chi connectivity index (χ3v) is 5.21. The second-order valence-corrected chi connectivity index (χ2v) is 6.88. The van der Waals surface area contributed by atoms with E-state index in [0.29, 0.717) is 5.13 Å². The van der Waals surface area contributed by atoms with E-state index in [1.54, 1.807) is 17.6 Å². The highest BCUT2D eigenvalue weighted by Gasteiger charge is 2.05. The summed E-state index contributed by atoms with van der Waals surface area (Å²) in [5, 5.41) is 9.72. The molecule has 0 unspecified atom stereocenters. The van der Waals surface area contributed by atoms with Crippen molar-refractivity contribution in [1.29, 1.82) is 0 Å². The molecule has 4 rings (SSSR count). The molecule has 1 N–H and O–H groups in total. The Kier molecular flexibility index (Phi) is 4.06. The Morgan fingerprint density at radius 1 is 1.08 bits per heavy atom. The van der Waals surface area contributed by atoms with Crippen LogP contribution in [-0.2, 0) is 0 Å². The molecule has 0 aliphatic carbocycles. The van der Waals surface area contributed by atoms with Crippen LogP contribution in [0.2, 0.25) is 0 Å². The molecule has 0 aliphatic rings. The molecule has 0 fully saturated rings. The van der Waals surface area contributed by atoms with Crippen molar-refractivity contribution in [2.45, 2.75) is 0 Å². The summed E-state index contributed by atoms with van der Waals surface area (Å²) in [6.07, 6.45) is 1.63. The van der Waals surface area contributed by atoms with Gasteiger partial charge in [-0.3, -0.25) is 5.43 Å². The normalized spacial score (nSPS) is 11.4. The fourth-order valence-corrected chi connectivity index (χ4v) is 3.92. The van der Waals surface area contributed by atoms with Crippen LogP contribution in [0.15, 0.2) is 64.4 Å². The van der Waals surface area contributed by atoms with E-state index in [1.165, 1.54) is 23.5 Å². The molecule has 0 atom stereocenters. The lowest BCUT2D eigenvalue weighted by atomic mass is 10.2. The summed E-state index contributed by atoms with van der Waals surface area (Å²) in [6.45, 7) is 0. The second-order valence-electron chi connectivity index (χ2n) is 5.11. The number of halogens is 1. The topological polar surface area (TPSA) is 37.3 Å². The monoisotopic (exact) mass is 353 g/mol. The molecule has 0 amide bonds. The predicted octanol–water partition coefficient (Wildman–Crippen LogP) is 5.61. The van der Waals surface area contributed by atoms with Gasteiger partial charge in [0.1, 0.15) is 5.82 Å². The minimum absolute atomic E-state index is 0.261. The van der Waals surface area contributed by atoms with E-state index in [2.05, 4.69) is 15.5 Å². The van der Waals surface area contributed by atoms with Crippen molar-refractivity contribution >= 4 is 44.1 Å². The van der Waals surface area contributed by atoms with Crippen molar-refractivity contribution in [3.63, 3.8) is 0 Å². The highest BCUT2D eigenvalue weighted by Crippen LogP contribution is 2.26. The number of aromatic nitrogens is 1. The molecule has 0 saturated carbocycles. The summed E-state index contributed by atoms with van der Waals surface area (Å²) >= 11 is 3.05. The van der Waals surface area contributed by atoms with Gasteiger partial charge >= 0.3 is 0 Å². The lowest BCUT2D eigenvalue weighted by Crippen LogP contribution is -1.91. The molecule has 24 heavy (non-hydrogen) atoms. The molecule has 0 saturated heterocycles. The number of nitrogens with zero attached hydrogens (tertiary/aromatic N) is 2. The Morgan fingerprint density at radius 3 is 2.83 bits per heavy atom. The van der Waals surface area contributed by atoms with E-state index >= 15 is 0 Å². The third-order valence-electron chi connectivity index (χ3n) is 3.48. The Bertz CT molecular complexity index is 1010. The van der Waals surface area contributed by atoms with Gasteiger partial charge < -0.3 is 0 Å². The lowest BCUT2D eigenvalue weighted by molar-refractivity contribution is 0.629. The summed E-state index contributed by atoms with van der Waals surface area (Å²) < 4.78 is 14.6. The van der Waals surface area contributed by atoms with Gasteiger partial charge in [0.25, 0.3) is 0 Å². The average molecular weight is 353 g/mol. The van der Waals surface area contributed by atoms with Gasteiger partial charge in [0.15, 0.2) is 0 Å². The highest BCUT2D eigenvalue weighted by atomic mass is 32.1. The maximum Gasteiger partial charge on any atom is 0.203 e. The Labute approximate surface area is 146 Å². The summed E-state index contributed by atoms with van der Waals surface area (Å²) in [6, 6.07) is 14.9. The van der Waals surface area contributed by atoms with E-state index in [0.717, 1.165) is 26.9 Å². The molecular formula is C18H12FN3S2. The lowest BCUT2D eigenvalue weighted by Gasteiger charge is -1.98. The fraction of sp³-hybridized carbons (Fsp3) is 0. The smallest absolute Gasteiger partial charge is 0.203 e. The summed E-state index contributed by atoms with van der Waals surface area (Å²) in [5.41, 5.74) is 5.65. The standard InChI is InChI=1S/C18H12FN3S2/c19-15-8-13-6-7-23-17(13)14(9-15)10-20-22-18-21-16(11-24-18)12-4-2-1-3-5-12/h1-11H,(H,21,22). The first-order chi connectivity index (χ1) is 11.8. The van der Waals surface area contributed by atoms with E-state index in [-0.39, 0.29) is 5.82 Å². The highest BCUT2D eigenvalue weighted by molar-refractivity contribution is 7.17. The van der Waals surface area contributed by atoms with Gasteiger partial charge in [-0.15, -0.1) is 22.7 Å². The summed E-state index contributed by atoms with van der Waals surface area (Å²) in [7, 11) is 0. The van der Waals surface area contributed by atoms with Crippen molar-refractivity contribution < 1.29 is 4.39 Å². The zero-order valence-corrected chi connectivity index (χ0v) is 14.1. The zero-order chi connectivity index (χ0) is 16.4. The van der Waals surface area contributed by atoms with Crippen LogP contribution in [0.4, 0.5) is 9.52 Å². The number of thiazole rings is 1. The molecule has 118 valence electrons. The Hall–Kier alpha value is -2.57. The van der Waals surface area contributed by atoms with Crippen LogP contribution >= 0.6 is 22.7 Å². The number of fused-ring (bicyclic) bond motifs is 1.